The second-order valence-electron chi connectivity index (χ2n) is 6.44. The van der Waals surface area contributed by atoms with E-state index in [2.05, 4.69) is 33.9 Å². The molecule has 0 amide bonds. The molecule has 4 nitrogen and oxygen atoms in total. The van der Waals surface area contributed by atoms with Crippen LogP contribution in [-0.4, -0.2) is 39.2 Å². The monoisotopic (exact) mass is 270 g/mol. The van der Waals surface area contributed by atoms with E-state index in [-0.39, 0.29) is 29.8 Å². The first-order valence-corrected chi connectivity index (χ1v) is 9.26. The maximum atomic E-state index is 11.6. The van der Waals surface area contributed by atoms with Crippen molar-refractivity contribution in [3.05, 3.63) is 12.2 Å². The molecular weight excluding hydrogens is 248 g/mol. The quantitative estimate of drug-likeness (QED) is 0.722. The number of carbonyl (C=O) groups is 1. The lowest BCUT2D eigenvalue weighted by Gasteiger charge is -2.40. The van der Waals surface area contributed by atoms with E-state index in [0.29, 0.717) is 0 Å². The standard InChI is InChI=1S/C13H22O4Si/c1-13(2,3)18(4,5)17-10-7-6-9(14)11-12(10)16-8-15-11/h6-7,10-12H,8H2,1-5H3/t10-,11-,12+/m1/s1. The van der Waals surface area contributed by atoms with Gasteiger partial charge in [0.15, 0.2) is 20.2 Å². The number of ketones is 1. The lowest BCUT2D eigenvalue weighted by atomic mass is 9.98. The predicted octanol–water partition coefficient (Wildman–Crippen LogP) is 2.26. The van der Waals surface area contributed by atoms with Gasteiger partial charge in [0.2, 0.25) is 0 Å². The minimum absolute atomic E-state index is 0.0208. The van der Waals surface area contributed by atoms with Crippen molar-refractivity contribution in [1.29, 1.82) is 0 Å². The Bertz CT molecular complexity index is 370. The molecule has 0 aromatic carbocycles. The van der Waals surface area contributed by atoms with Crippen LogP contribution in [-0.2, 0) is 18.7 Å². The summed E-state index contributed by atoms with van der Waals surface area (Å²) in [5, 5.41) is 0.136. The summed E-state index contributed by atoms with van der Waals surface area (Å²) < 4.78 is 17.1. The van der Waals surface area contributed by atoms with E-state index in [1.807, 2.05) is 6.08 Å². The van der Waals surface area contributed by atoms with E-state index >= 15 is 0 Å². The van der Waals surface area contributed by atoms with Gasteiger partial charge in [-0.15, -0.1) is 0 Å². The summed E-state index contributed by atoms with van der Waals surface area (Å²) in [6, 6.07) is 0. The molecule has 5 heteroatoms. The van der Waals surface area contributed by atoms with Crippen molar-refractivity contribution in [3.63, 3.8) is 0 Å². The zero-order valence-corrected chi connectivity index (χ0v) is 12.7. The number of carbonyl (C=O) groups excluding carboxylic acids is 1. The summed E-state index contributed by atoms with van der Waals surface area (Å²) in [6.07, 6.45) is 2.45. The van der Waals surface area contributed by atoms with Crippen LogP contribution < -0.4 is 0 Å². The molecule has 1 aliphatic carbocycles. The number of fused-ring (bicyclic) bond motifs is 1. The van der Waals surface area contributed by atoms with Crippen LogP contribution in [0.25, 0.3) is 0 Å². The third-order valence-electron chi connectivity index (χ3n) is 4.10. The molecule has 1 heterocycles. The van der Waals surface area contributed by atoms with E-state index in [4.69, 9.17) is 13.9 Å². The number of hydrogen-bond donors (Lipinski definition) is 0. The fourth-order valence-electron chi connectivity index (χ4n) is 1.90. The largest absolute Gasteiger partial charge is 0.408 e. The normalized spacial score (nSPS) is 32.7. The first-order chi connectivity index (χ1) is 8.22. The van der Waals surface area contributed by atoms with Crippen molar-refractivity contribution in [2.24, 2.45) is 0 Å². The Hall–Kier alpha value is -0.493. The van der Waals surface area contributed by atoms with Crippen LogP contribution >= 0.6 is 0 Å². The van der Waals surface area contributed by atoms with E-state index in [1.165, 1.54) is 0 Å². The zero-order chi connectivity index (χ0) is 13.6. The SMILES string of the molecule is CC(C)(C)[Si](C)(C)O[C@@H]1C=CC(=O)[C@H]2OCO[C@H]21. The first-order valence-electron chi connectivity index (χ1n) is 6.35. The van der Waals surface area contributed by atoms with Gasteiger partial charge >= 0.3 is 0 Å². The maximum Gasteiger partial charge on any atom is 0.193 e. The highest BCUT2D eigenvalue weighted by molar-refractivity contribution is 6.74. The van der Waals surface area contributed by atoms with Crippen LogP contribution in [0.2, 0.25) is 18.1 Å². The first kappa shape index (κ1) is 13.9. The molecule has 0 spiro atoms. The van der Waals surface area contributed by atoms with Gasteiger partial charge in [0.05, 0.1) is 6.10 Å². The molecular formula is C13H22O4Si. The molecule has 0 unspecified atom stereocenters. The van der Waals surface area contributed by atoms with Gasteiger partial charge in [-0.25, -0.2) is 0 Å². The Balaban J connectivity index is 2.15. The van der Waals surface area contributed by atoms with E-state index in [1.54, 1.807) is 6.08 Å². The van der Waals surface area contributed by atoms with E-state index < -0.39 is 14.4 Å². The molecule has 0 bridgehead atoms. The highest BCUT2D eigenvalue weighted by Crippen LogP contribution is 2.39. The highest BCUT2D eigenvalue weighted by Gasteiger charge is 2.46. The molecule has 0 saturated carbocycles. The minimum Gasteiger partial charge on any atom is -0.408 e. The average molecular weight is 270 g/mol. The van der Waals surface area contributed by atoms with E-state index in [0.717, 1.165) is 0 Å². The summed E-state index contributed by atoms with van der Waals surface area (Å²) in [5.74, 6) is -0.0208. The van der Waals surface area contributed by atoms with Crippen molar-refractivity contribution in [3.8, 4) is 0 Å². The second-order valence-corrected chi connectivity index (χ2v) is 11.2. The minimum atomic E-state index is -1.87. The third-order valence-corrected chi connectivity index (χ3v) is 8.57. The Morgan fingerprint density at radius 1 is 1.33 bits per heavy atom. The summed E-state index contributed by atoms with van der Waals surface area (Å²) >= 11 is 0. The second kappa shape index (κ2) is 4.56. The lowest BCUT2D eigenvalue weighted by Crippen LogP contribution is -2.51. The molecule has 0 aromatic heterocycles. The van der Waals surface area contributed by atoms with Gasteiger partial charge in [-0.3, -0.25) is 4.79 Å². The lowest BCUT2D eigenvalue weighted by molar-refractivity contribution is -0.125. The molecule has 102 valence electrons. The third kappa shape index (κ3) is 2.45. The van der Waals surface area contributed by atoms with Gasteiger partial charge in [-0.1, -0.05) is 26.8 Å². The molecule has 0 radical (unpaired) electrons. The van der Waals surface area contributed by atoms with Crippen molar-refractivity contribution in [2.75, 3.05) is 6.79 Å². The molecule has 3 atom stereocenters. The van der Waals surface area contributed by atoms with Crippen molar-refractivity contribution < 1.29 is 18.7 Å². The number of rotatable bonds is 2. The van der Waals surface area contributed by atoms with Gasteiger partial charge in [0.25, 0.3) is 0 Å². The average Bonchev–Trinajstić information content (AvgIpc) is 2.70. The number of ether oxygens (including phenoxy) is 2. The highest BCUT2D eigenvalue weighted by atomic mass is 28.4. The Morgan fingerprint density at radius 3 is 2.61 bits per heavy atom. The number of hydrogen-bond acceptors (Lipinski definition) is 4. The molecule has 18 heavy (non-hydrogen) atoms. The topological polar surface area (TPSA) is 44.8 Å². The molecule has 1 aliphatic heterocycles. The molecule has 0 aromatic rings. The summed E-state index contributed by atoms with van der Waals surface area (Å²) in [5.41, 5.74) is 0. The summed E-state index contributed by atoms with van der Waals surface area (Å²) in [7, 11) is -1.87. The van der Waals surface area contributed by atoms with Crippen LogP contribution in [0.5, 0.6) is 0 Å². The maximum absolute atomic E-state index is 11.6. The van der Waals surface area contributed by atoms with Gasteiger partial charge in [0.1, 0.15) is 12.9 Å². The van der Waals surface area contributed by atoms with Crippen molar-refractivity contribution in [1.82, 2.24) is 0 Å². The molecule has 2 rings (SSSR count). The molecule has 2 aliphatic rings. The Kier molecular flexibility index (Phi) is 3.53. The predicted molar refractivity (Wildman–Crippen MR) is 70.8 cm³/mol. The van der Waals surface area contributed by atoms with Crippen molar-refractivity contribution in [2.45, 2.75) is 57.2 Å². The van der Waals surface area contributed by atoms with Crippen LogP contribution in [0.1, 0.15) is 20.8 Å². The zero-order valence-electron chi connectivity index (χ0n) is 11.7. The smallest absolute Gasteiger partial charge is 0.193 e. The molecule has 0 N–H and O–H groups in total. The van der Waals surface area contributed by atoms with Crippen molar-refractivity contribution >= 4 is 14.1 Å². The summed E-state index contributed by atoms with van der Waals surface area (Å²) in [6.45, 7) is 11.2. The van der Waals surface area contributed by atoms with Crippen LogP contribution in [0.15, 0.2) is 12.2 Å². The van der Waals surface area contributed by atoms with E-state index in [9.17, 15) is 4.79 Å². The fraction of sp³-hybridized carbons (Fsp3) is 0.769. The van der Waals surface area contributed by atoms with Gasteiger partial charge in [0, 0.05) is 0 Å². The fourth-order valence-corrected chi connectivity index (χ4v) is 3.15. The van der Waals surface area contributed by atoms with Gasteiger partial charge in [-0.05, 0) is 24.2 Å². The Morgan fingerprint density at radius 2 is 2.00 bits per heavy atom. The van der Waals surface area contributed by atoms with Crippen LogP contribution in [0.4, 0.5) is 0 Å². The van der Waals surface area contributed by atoms with Gasteiger partial charge < -0.3 is 13.9 Å². The molecule has 1 fully saturated rings. The summed E-state index contributed by atoms with van der Waals surface area (Å²) in [4.78, 5) is 11.6. The van der Waals surface area contributed by atoms with Crippen LogP contribution in [0.3, 0.4) is 0 Å². The van der Waals surface area contributed by atoms with Gasteiger partial charge in [-0.2, -0.15) is 0 Å². The molecule has 1 saturated heterocycles. The van der Waals surface area contributed by atoms with Crippen LogP contribution in [0, 0.1) is 0 Å². The Labute approximate surface area is 109 Å².